The van der Waals surface area contributed by atoms with E-state index in [1.54, 1.807) is 26.1 Å². The summed E-state index contributed by atoms with van der Waals surface area (Å²) in [5.41, 5.74) is 1.22. The molecule has 0 aromatic heterocycles. The van der Waals surface area contributed by atoms with Crippen molar-refractivity contribution >= 4 is 23.6 Å². The predicted octanol–water partition coefficient (Wildman–Crippen LogP) is 2.00. The molecule has 1 aromatic rings. The van der Waals surface area contributed by atoms with E-state index in [4.69, 9.17) is 4.74 Å². The second kappa shape index (κ2) is 13.3. The van der Waals surface area contributed by atoms with E-state index in [0.29, 0.717) is 5.96 Å². The van der Waals surface area contributed by atoms with E-state index < -0.39 is 0 Å². The van der Waals surface area contributed by atoms with Crippen molar-refractivity contribution < 1.29 is 9.53 Å². The quantitative estimate of drug-likeness (QED) is 0.349. The normalized spacial score (nSPS) is 11.2. The molecular formula is C19H32N4O2S. The summed E-state index contributed by atoms with van der Waals surface area (Å²) in [5.74, 6) is 2.71. The topological polar surface area (TPSA) is 66.0 Å². The third-order valence-corrected chi connectivity index (χ3v) is 4.50. The Labute approximate surface area is 161 Å². The molecule has 0 heterocycles. The number of guanidine groups is 1. The maximum absolute atomic E-state index is 11.8. The minimum absolute atomic E-state index is 0.0105. The summed E-state index contributed by atoms with van der Waals surface area (Å²) < 4.78 is 5.18. The summed E-state index contributed by atoms with van der Waals surface area (Å²) >= 11 is 1.86. The van der Waals surface area contributed by atoms with Gasteiger partial charge in [-0.25, -0.2) is 4.99 Å². The SMILES string of the molecule is COc1ccc(CCNC(=NCC(=O)N(C)C)NCCCCSC)cc1. The van der Waals surface area contributed by atoms with Gasteiger partial charge < -0.3 is 20.3 Å². The van der Waals surface area contributed by atoms with Gasteiger partial charge >= 0.3 is 0 Å². The van der Waals surface area contributed by atoms with Crippen molar-refractivity contribution in [2.75, 3.05) is 52.8 Å². The number of nitrogens with one attached hydrogen (secondary N) is 2. The molecule has 7 heteroatoms. The number of likely N-dealkylation sites (N-methyl/N-ethyl adjacent to an activating group) is 1. The van der Waals surface area contributed by atoms with Gasteiger partial charge in [-0.2, -0.15) is 11.8 Å². The summed E-state index contributed by atoms with van der Waals surface area (Å²) in [7, 11) is 5.15. The van der Waals surface area contributed by atoms with E-state index in [1.807, 2.05) is 23.9 Å². The third-order valence-electron chi connectivity index (χ3n) is 3.80. The molecule has 0 saturated carbocycles. The van der Waals surface area contributed by atoms with E-state index in [9.17, 15) is 4.79 Å². The maximum Gasteiger partial charge on any atom is 0.243 e. The van der Waals surface area contributed by atoms with Gasteiger partial charge in [-0.15, -0.1) is 0 Å². The molecule has 0 fully saturated rings. The molecule has 26 heavy (non-hydrogen) atoms. The second-order valence-electron chi connectivity index (χ2n) is 6.10. The minimum atomic E-state index is -0.0105. The standard InChI is InChI=1S/C19H32N4O2S/c1-23(2)18(24)15-22-19(20-12-5-6-14-26-4)21-13-11-16-7-9-17(25-3)10-8-16/h7-10H,5-6,11-15H2,1-4H3,(H2,20,21,22). The average Bonchev–Trinajstić information content (AvgIpc) is 2.65. The van der Waals surface area contributed by atoms with Crippen LogP contribution in [-0.4, -0.2) is 69.6 Å². The number of hydrogen-bond donors (Lipinski definition) is 2. The number of carbonyl (C=O) groups is 1. The van der Waals surface area contributed by atoms with Crippen molar-refractivity contribution in [1.29, 1.82) is 0 Å². The molecule has 0 unspecified atom stereocenters. The number of carbonyl (C=O) groups excluding carboxylic acids is 1. The lowest BCUT2D eigenvalue weighted by Crippen LogP contribution is -2.40. The van der Waals surface area contributed by atoms with E-state index in [0.717, 1.165) is 37.4 Å². The highest BCUT2D eigenvalue weighted by atomic mass is 32.2. The van der Waals surface area contributed by atoms with Crippen LogP contribution in [0.4, 0.5) is 0 Å². The number of benzene rings is 1. The fourth-order valence-electron chi connectivity index (χ4n) is 2.16. The summed E-state index contributed by atoms with van der Waals surface area (Å²) in [6.45, 7) is 1.75. The molecule has 0 radical (unpaired) electrons. The predicted molar refractivity (Wildman–Crippen MR) is 111 cm³/mol. The van der Waals surface area contributed by atoms with Gasteiger partial charge in [-0.1, -0.05) is 12.1 Å². The van der Waals surface area contributed by atoms with Crippen LogP contribution in [0.2, 0.25) is 0 Å². The molecular weight excluding hydrogens is 348 g/mol. The van der Waals surface area contributed by atoms with Crippen LogP contribution in [0.1, 0.15) is 18.4 Å². The van der Waals surface area contributed by atoms with Crippen LogP contribution in [0.5, 0.6) is 5.75 Å². The van der Waals surface area contributed by atoms with Crippen LogP contribution in [-0.2, 0) is 11.2 Å². The summed E-state index contributed by atoms with van der Waals surface area (Å²) in [4.78, 5) is 17.7. The zero-order chi connectivity index (χ0) is 19.2. The zero-order valence-electron chi connectivity index (χ0n) is 16.4. The van der Waals surface area contributed by atoms with Gasteiger partial charge in [0.15, 0.2) is 5.96 Å². The Morgan fingerprint density at radius 2 is 1.85 bits per heavy atom. The van der Waals surface area contributed by atoms with Crippen molar-refractivity contribution in [1.82, 2.24) is 15.5 Å². The zero-order valence-corrected chi connectivity index (χ0v) is 17.2. The maximum atomic E-state index is 11.8. The summed E-state index contributed by atoms with van der Waals surface area (Å²) in [6, 6.07) is 8.04. The van der Waals surface area contributed by atoms with Gasteiger partial charge in [0, 0.05) is 27.2 Å². The first kappa shape index (κ1) is 22.2. The molecule has 0 saturated heterocycles. The second-order valence-corrected chi connectivity index (χ2v) is 7.09. The highest BCUT2D eigenvalue weighted by Gasteiger charge is 2.04. The monoisotopic (exact) mass is 380 g/mol. The van der Waals surface area contributed by atoms with Gasteiger partial charge in [0.2, 0.25) is 5.91 Å². The van der Waals surface area contributed by atoms with Gasteiger partial charge in [0.25, 0.3) is 0 Å². The number of thioether (sulfide) groups is 1. The van der Waals surface area contributed by atoms with Crippen molar-refractivity contribution in [3.8, 4) is 5.75 Å². The fraction of sp³-hybridized carbons (Fsp3) is 0.579. The Hall–Kier alpha value is -1.89. The number of unbranched alkanes of at least 4 members (excludes halogenated alkanes) is 1. The molecule has 0 aliphatic carbocycles. The number of aliphatic imine (C=N–C) groups is 1. The van der Waals surface area contributed by atoms with Crippen LogP contribution < -0.4 is 15.4 Å². The lowest BCUT2D eigenvalue weighted by atomic mass is 10.1. The van der Waals surface area contributed by atoms with Gasteiger partial charge in [-0.05, 0) is 49.0 Å². The smallest absolute Gasteiger partial charge is 0.243 e. The van der Waals surface area contributed by atoms with Crippen LogP contribution in [0.25, 0.3) is 0 Å². The molecule has 1 rings (SSSR count). The van der Waals surface area contributed by atoms with Crippen molar-refractivity contribution in [2.45, 2.75) is 19.3 Å². The minimum Gasteiger partial charge on any atom is -0.497 e. The molecule has 6 nitrogen and oxygen atoms in total. The molecule has 0 bridgehead atoms. The largest absolute Gasteiger partial charge is 0.497 e. The molecule has 1 amide bonds. The molecule has 146 valence electrons. The van der Waals surface area contributed by atoms with Crippen molar-refractivity contribution in [3.63, 3.8) is 0 Å². The van der Waals surface area contributed by atoms with Crippen LogP contribution in [0, 0.1) is 0 Å². The van der Waals surface area contributed by atoms with Crippen LogP contribution >= 0.6 is 11.8 Å². The molecule has 0 aliphatic heterocycles. The number of rotatable bonds is 11. The summed E-state index contributed by atoms with van der Waals surface area (Å²) in [6.07, 6.45) is 5.25. The fourth-order valence-corrected chi connectivity index (χ4v) is 2.65. The van der Waals surface area contributed by atoms with E-state index in [2.05, 4.69) is 34.0 Å². The van der Waals surface area contributed by atoms with Gasteiger partial charge in [-0.3, -0.25) is 4.79 Å². The van der Waals surface area contributed by atoms with Crippen LogP contribution in [0.15, 0.2) is 29.3 Å². The average molecular weight is 381 g/mol. The first-order valence-electron chi connectivity index (χ1n) is 8.91. The van der Waals surface area contributed by atoms with Crippen molar-refractivity contribution in [3.05, 3.63) is 29.8 Å². The van der Waals surface area contributed by atoms with Crippen molar-refractivity contribution in [2.24, 2.45) is 4.99 Å². The Balaban J connectivity index is 2.48. The molecule has 0 aliphatic rings. The van der Waals surface area contributed by atoms with Gasteiger partial charge in [0.1, 0.15) is 12.3 Å². The lowest BCUT2D eigenvalue weighted by Gasteiger charge is -2.14. The Kier molecular flexibility index (Phi) is 11.4. The number of hydrogen-bond acceptors (Lipinski definition) is 4. The Bertz CT molecular complexity index is 547. The molecule has 0 atom stereocenters. The number of nitrogens with zero attached hydrogens (tertiary/aromatic N) is 2. The number of ether oxygens (including phenoxy) is 1. The molecule has 0 spiro atoms. The highest BCUT2D eigenvalue weighted by Crippen LogP contribution is 2.11. The van der Waals surface area contributed by atoms with E-state index in [-0.39, 0.29) is 12.5 Å². The van der Waals surface area contributed by atoms with Gasteiger partial charge in [0.05, 0.1) is 7.11 Å². The lowest BCUT2D eigenvalue weighted by molar-refractivity contribution is -0.127. The first-order chi connectivity index (χ1) is 12.6. The molecule has 2 N–H and O–H groups in total. The van der Waals surface area contributed by atoms with Crippen LogP contribution in [0.3, 0.4) is 0 Å². The number of methoxy groups -OCH3 is 1. The Morgan fingerprint density at radius 3 is 2.46 bits per heavy atom. The summed E-state index contributed by atoms with van der Waals surface area (Å²) in [5, 5.41) is 6.63. The third kappa shape index (κ3) is 9.56. The number of amides is 1. The first-order valence-corrected chi connectivity index (χ1v) is 10.3. The highest BCUT2D eigenvalue weighted by molar-refractivity contribution is 7.98. The Morgan fingerprint density at radius 1 is 1.15 bits per heavy atom. The van der Waals surface area contributed by atoms with E-state index in [1.165, 1.54) is 12.0 Å². The molecule has 1 aromatic carbocycles. The van der Waals surface area contributed by atoms with E-state index >= 15 is 0 Å².